The molecule has 0 fully saturated rings. The van der Waals surface area contributed by atoms with Crippen LogP contribution < -0.4 is 20.7 Å². The van der Waals surface area contributed by atoms with Gasteiger partial charge in [-0.3, -0.25) is 33.9 Å². The Bertz CT molecular complexity index is 1570. The normalized spacial score (nSPS) is 18.4. The molecule has 1 aliphatic heterocycles. The Hall–Kier alpha value is -5.33. The zero-order chi connectivity index (χ0) is 35.2. The lowest BCUT2D eigenvalue weighted by Gasteiger charge is -2.27. The van der Waals surface area contributed by atoms with Crippen molar-refractivity contribution >= 4 is 29.5 Å². The van der Waals surface area contributed by atoms with Crippen molar-refractivity contribution < 1.29 is 28.7 Å². The fraction of sp³-hybridized carbons (Fsp3) is 0.417. The number of nitrogens with zero attached hydrogens (tertiary/aromatic N) is 4. The van der Waals surface area contributed by atoms with Gasteiger partial charge in [-0.25, -0.2) is 0 Å². The molecule has 260 valence electrons. The predicted molar refractivity (Wildman–Crippen MR) is 182 cm³/mol. The van der Waals surface area contributed by atoms with Gasteiger partial charge in [-0.15, -0.1) is 0 Å². The molecular weight excluding hydrogens is 626 g/mol. The van der Waals surface area contributed by atoms with Crippen LogP contribution >= 0.6 is 0 Å². The van der Waals surface area contributed by atoms with Crippen LogP contribution in [0.15, 0.2) is 73.2 Å². The highest BCUT2D eigenvalue weighted by Gasteiger charge is 2.28. The van der Waals surface area contributed by atoms with Crippen molar-refractivity contribution in [1.29, 1.82) is 0 Å². The molecule has 0 radical (unpaired) electrons. The first-order chi connectivity index (χ1) is 23.6. The summed E-state index contributed by atoms with van der Waals surface area (Å²) >= 11 is 0. The van der Waals surface area contributed by atoms with Gasteiger partial charge in [-0.1, -0.05) is 56.3 Å². The number of amides is 5. The highest BCUT2D eigenvalue weighted by atomic mass is 16.5. The van der Waals surface area contributed by atoms with Crippen LogP contribution in [0.2, 0.25) is 0 Å². The smallest absolute Gasteiger partial charge is 0.255 e. The van der Waals surface area contributed by atoms with E-state index in [2.05, 4.69) is 25.9 Å². The van der Waals surface area contributed by atoms with Crippen LogP contribution in [0.3, 0.4) is 0 Å². The summed E-state index contributed by atoms with van der Waals surface area (Å²) < 4.78 is 6.08. The Labute approximate surface area is 286 Å². The number of carbonyl (C=O) groups is 5. The number of para-hydroxylation sites is 1. The Morgan fingerprint density at radius 3 is 2.47 bits per heavy atom. The summed E-state index contributed by atoms with van der Waals surface area (Å²) in [5.41, 5.74) is 1.71. The molecule has 0 saturated carbocycles. The van der Waals surface area contributed by atoms with E-state index in [9.17, 15) is 24.0 Å². The number of fused-ring (bicyclic) bond motifs is 1. The van der Waals surface area contributed by atoms with E-state index in [-0.39, 0.29) is 74.7 Å². The third kappa shape index (κ3) is 11.7. The summed E-state index contributed by atoms with van der Waals surface area (Å²) in [6.45, 7) is 4.02. The molecule has 3 aromatic rings. The minimum absolute atomic E-state index is 0.0290. The molecular formula is C36H45N7O6. The highest BCUT2D eigenvalue weighted by molar-refractivity contribution is 5.99. The van der Waals surface area contributed by atoms with Crippen LogP contribution in [0.5, 0.6) is 5.75 Å². The van der Waals surface area contributed by atoms with Crippen molar-refractivity contribution in [2.75, 3.05) is 33.3 Å². The molecule has 2 atom stereocenters. The SMILES string of the molecule is CC(C)C[C@H]1COc2ccccc2C(=O)N[C@H](C(=O)NCCc2cnccn2)CCC(=O)N(Cc2ccccc2)CC(=O)N(C)CC(=O)N1. The highest BCUT2D eigenvalue weighted by Crippen LogP contribution is 2.20. The molecule has 0 unspecified atom stereocenters. The first-order valence-electron chi connectivity index (χ1n) is 16.5. The van der Waals surface area contributed by atoms with Gasteiger partial charge in [0, 0.05) is 51.6 Å². The molecule has 3 N–H and O–H groups in total. The first-order valence-corrected chi connectivity index (χ1v) is 16.5. The zero-order valence-corrected chi connectivity index (χ0v) is 28.3. The molecule has 0 saturated heterocycles. The monoisotopic (exact) mass is 671 g/mol. The van der Waals surface area contributed by atoms with Crippen LogP contribution in [0.25, 0.3) is 0 Å². The van der Waals surface area contributed by atoms with Gasteiger partial charge < -0.3 is 30.5 Å². The van der Waals surface area contributed by atoms with Gasteiger partial charge in [-0.2, -0.15) is 0 Å². The molecule has 2 aromatic carbocycles. The summed E-state index contributed by atoms with van der Waals surface area (Å²) in [4.78, 5) is 78.3. The van der Waals surface area contributed by atoms with Crippen LogP contribution in [-0.2, 0) is 32.1 Å². The molecule has 0 aliphatic carbocycles. The summed E-state index contributed by atoms with van der Waals surface area (Å²) in [6.07, 6.45) is 5.58. The van der Waals surface area contributed by atoms with Gasteiger partial charge in [0.2, 0.25) is 23.6 Å². The lowest BCUT2D eigenvalue weighted by Crippen LogP contribution is -2.49. The van der Waals surface area contributed by atoms with Crippen molar-refractivity contribution in [3.05, 3.63) is 90.0 Å². The fourth-order valence-corrected chi connectivity index (χ4v) is 5.43. The number of likely N-dealkylation sites (N-methyl/N-ethyl adjacent to an activating group) is 1. The summed E-state index contributed by atoms with van der Waals surface area (Å²) in [6, 6.07) is 14.4. The van der Waals surface area contributed by atoms with Crippen LogP contribution in [0.1, 0.15) is 54.7 Å². The lowest BCUT2D eigenvalue weighted by atomic mass is 10.0. The minimum Gasteiger partial charge on any atom is -0.491 e. The average Bonchev–Trinajstić information content (AvgIpc) is 3.08. The van der Waals surface area contributed by atoms with Gasteiger partial charge in [0.25, 0.3) is 5.91 Å². The molecule has 13 heteroatoms. The maximum Gasteiger partial charge on any atom is 0.255 e. The Balaban J connectivity index is 1.62. The Kier molecular flexibility index (Phi) is 13.6. The predicted octanol–water partition coefficient (Wildman–Crippen LogP) is 2.12. The molecule has 49 heavy (non-hydrogen) atoms. The van der Waals surface area contributed by atoms with Crippen molar-refractivity contribution in [1.82, 2.24) is 35.7 Å². The number of hydrogen-bond donors (Lipinski definition) is 3. The van der Waals surface area contributed by atoms with Crippen molar-refractivity contribution in [3.63, 3.8) is 0 Å². The first kappa shape index (κ1) is 36.5. The quantitative estimate of drug-likeness (QED) is 0.328. The topological polar surface area (TPSA) is 163 Å². The van der Waals surface area contributed by atoms with E-state index < -0.39 is 29.8 Å². The molecule has 2 heterocycles. The van der Waals surface area contributed by atoms with Crippen LogP contribution in [0.4, 0.5) is 0 Å². The molecule has 4 rings (SSSR count). The molecule has 13 nitrogen and oxygen atoms in total. The maximum atomic E-state index is 13.7. The standard InChI is InChI=1S/C36H45N7O6/c1-25(2)19-28-24-49-31-12-8-7-11-29(31)35(47)41-30(36(48)39-16-15-27-20-37-17-18-38-27)13-14-33(45)43(21-26-9-5-4-6-10-26)23-34(46)42(3)22-32(44)40-28/h4-12,17-18,20,25,28,30H,13-16,19,21-24H2,1-3H3,(H,39,48)(H,40,44)(H,41,47)/t28-,30-/m0/s1. The average molecular weight is 672 g/mol. The summed E-state index contributed by atoms with van der Waals surface area (Å²) in [7, 11) is 1.52. The zero-order valence-electron chi connectivity index (χ0n) is 28.3. The van der Waals surface area contributed by atoms with Crippen molar-refractivity contribution in [2.24, 2.45) is 5.92 Å². The van der Waals surface area contributed by atoms with E-state index in [0.29, 0.717) is 18.5 Å². The Morgan fingerprint density at radius 1 is 0.980 bits per heavy atom. The van der Waals surface area contributed by atoms with Crippen LogP contribution in [0, 0.1) is 5.92 Å². The molecule has 0 spiro atoms. The van der Waals surface area contributed by atoms with Gasteiger partial charge in [-0.05, 0) is 36.5 Å². The van der Waals surface area contributed by atoms with E-state index in [0.717, 1.165) is 5.56 Å². The third-order valence-corrected chi connectivity index (χ3v) is 7.96. The van der Waals surface area contributed by atoms with Gasteiger partial charge >= 0.3 is 0 Å². The fourth-order valence-electron chi connectivity index (χ4n) is 5.43. The van der Waals surface area contributed by atoms with Crippen molar-refractivity contribution in [3.8, 4) is 5.75 Å². The van der Waals surface area contributed by atoms with Crippen molar-refractivity contribution in [2.45, 2.75) is 58.2 Å². The second-order valence-electron chi connectivity index (χ2n) is 12.5. The summed E-state index contributed by atoms with van der Waals surface area (Å²) in [5, 5.41) is 8.60. The van der Waals surface area contributed by atoms with E-state index in [4.69, 9.17) is 4.74 Å². The van der Waals surface area contributed by atoms with E-state index in [1.54, 1.807) is 42.9 Å². The minimum atomic E-state index is -1.07. The molecule has 1 aliphatic rings. The molecule has 1 aromatic heterocycles. The van der Waals surface area contributed by atoms with Gasteiger partial charge in [0.15, 0.2) is 0 Å². The van der Waals surface area contributed by atoms with E-state index >= 15 is 0 Å². The van der Waals surface area contributed by atoms with Gasteiger partial charge in [0.1, 0.15) is 24.9 Å². The number of nitrogens with one attached hydrogen (secondary N) is 3. The maximum absolute atomic E-state index is 13.7. The Morgan fingerprint density at radius 2 is 1.73 bits per heavy atom. The second kappa shape index (κ2) is 18.3. The molecule has 5 amide bonds. The van der Waals surface area contributed by atoms with E-state index in [1.807, 2.05) is 44.2 Å². The largest absolute Gasteiger partial charge is 0.491 e. The lowest BCUT2D eigenvalue weighted by molar-refractivity contribution is -0.142. The number of carbonyl (C=O) groups excluding carboxylic acids is 5. The van der Waals surface area contributed by atoms with E-state index in [1.165, 1.54) is 16.8 Å². The summed E-state index contributed by atoms with van der Waals surface area (Å²) in [5.74, 6) is -1.70. The van der Waals surface area contributed by atoms with Crippen LogP contribution in [-0.4, -0.2) is 94.7 Å². The molecule has 0 bridgehead atoms. The number of aromatic nitrogens is 2. The number of hydrogen-bond acceptors (Lipinski definition) is 8. The third-order valence-electron chi connectivity index (χ3n) is 7.96. The number of benzene rings is 2. The second-order valence-corrected chi connectivity index (χ2v) is 12.5. The number of rotatable bonds is 8. The number of ether oxygens (including phenoxy) is 1. The van der Waals surface area contributed by atoms with Gasteiger partial charge in [0.05, 0.1) is 23.8 Å².